The summed E-state index contributed by atoms with van der Waals surface area (Å²) in [5, 5.41) is 2.59. The molecule has 0 aliphatic carbocycles. The Bertz CT molecular complexity index is 762. The minimum atomic E-state index is -0.512. The lowest BCUT2D eigenvalue weighted by atomic mass is 9.99. The number of hydrogen-bond donors (Lipinski definition) is 1. The lowest BCUT2D eigenvalue weighted by molar-refractivity contribution is 0.187. The second-order valence-electron chi connectivity index (χ2n) is 5.67. The molecule has 7 heteroatoms. The lowest BCUT2D eigenvalue weighted by Gasteiger charge is -2.30. The Morgan fingerprint density at radius 2 is 1.84 bits per heavy atom. The standard InChI is InChI=1S/C18H21N3O4/c1-23-15-8-12-6-7-21(11-13(12)9-16(15)24-2)17-5-4-14(10-19-17)20-18(22)25-3/h4-5,8-10H,6-7,11H2,1-3H3,(H,20,22). The van der Waals surface area contributed by atoms with E-state index in [0.717, 1.165) is 36.8 Å². The van der Waals surface area contributed by atoms with Crippen molar-refractivity contribution in [3.8, 4) is 11.5 Å². The molecule has 2 heterocycles. The molecule has 132 valence electrons. The highest BCUT2D eigenvalue weighted by atomic mass is 16.5. The summed E-state index contributed by atoms with van der Waals surface area (Å²) in [6, 6.07) is 7.76. The topological polar surface area (TPSA) is 72.9 Å². The van der Waals surface area contributed by atoms with Gasteiger partial charge in [-0.15, -0.1) is 0 Å². The Morgan fingerprint density at radius 1 is 1.12 bits per heavy atom. The van der Waals surface area contributed by atoms with Crippen molar-refractivity contribution >= 4 is 17.6 Å². The van der Waals surface area contributed by atoms with Crippen LogP contribution in [0.2, 0.25) is 0 Å². The molecule has 0 atom stereocenters. The molecule has 1 N–H and O–H groups in total. The van der Waals surface area contributed by atoms with Crippen molar-refractivity contribution in [1.82, 2.24) is 4.98 Å². The summed E-state index contributed by atoms with van der Waals surface area (Å²) >= 11 is 0. The van der Waals surface area contributed by atoms with Crippen LogP contribution in [0.1, 0.15) is 11.1 Å². The zero-order valence-corrected chi connectivity index (χ0v) is 14.5. The van der Waals surface area contributed by atoms with Gasteiger partial charge in [-0.25, -0.2) is 9.78 Å². The van der Waals surface area contributed by atoms with Crippen LogP contribution in [0.4, 0.5) is 16.3 Å². The zero-order valence-electron chi connectivity index (χ0n) is 14.5. The van der Waals surface area contributed by atoms with E-state index in [9.17, 15) is 4.79 Å². The van der Waals surface area contributed by atoms with Gasteiger partial charge in [0, 0.05) is 13.1 Å². The molecule has 0 spiro atoms. The number of amides is 1. The van der Waals surface area contributed by atoms with E-state index in [2.05, 4.69) is 19.9 Å². The first-order valence-corrected chi connectivity index (χ1v) is 7.94. The number of pyridine rings is 1. The molecule has 1 amide bonds. The van der Waals surface area contributed by atoms with Gasteiger partial charge >= 0.3 is 6.09 Å². The smallest absolute Gasteiger partial charge is 0.411 e. The quantitative estimate of drug-likeness (QED) is 0.920. The van der Waals surface area contributed by atoms with Crippen LogP contribution in [0.3, 0.4) is 0 Å². The third-order valence-corrected chi connectivity index (χ3v) is 4.22. The Balaban J connectivity index is 1.77. The predicted octanol–water partition coefficient (Wildman–Crippen LogP) is 2.84. The molecule has 1 aromatic carbocycles. The molecule has 0 fully saturated rings. The SMILES string of the molecule is COC(=O)Nc1ccc(N2CCc3cc(OC)c(OC)cc3C2)nc1. The summed E-state index contributed by atoms with van der Waals surface area (Å²) in [7, 11) is 4.61. The van der Waals surface area contributed by atoms with Gasteiger partial charge in [0.2, 0.25) is 0 Å². The van der Waals surface area contributed by atoms with Crippen LogP contribution in [-0.2, 0) is 17.7 Å². The molecule has 1 aliphatic rings. The van der Waals surface area contributed by atoms with Crippen molar-refractivity contribution in [2.45, 2.75) is 13.0 Å². The molecule has 3 rings (SSSR count). The van der Waals surface area contributed by atoms with Crippen LogP contribution < -0.4 is 19.7 Å². The molecule has 25 heavy (non-hydrogen) atoms. The molecule has 2 aromatic rings. The number of carbonyl (C=O) groups is 1. The second kappa shape index (κ2) is 7.29. The van der Waals surface area contributed by atoms with Gasteiger partial charge in [-0.1, -0.05) is 0 Å². The zero-order chi connectivity index (χ0) is 17.8. The van der Waals surface area contributed by atoms with Crippen molar-refractivity contribution in [2.24, 2.45) is 0 Å². The molecular weight excluding hydrogens is 322 g/mol. The average Bonchev–Trinajstić information content (AvgIpc) is 2.66. The van der Waals surface area contributed by atoms with Gasteiger partial charge in [0.25, 0.3) is 0 Å². The summed E-state index contributed by atoms with van der Waals surface area (Å²) in [4.78, 5) is 17.9. The number of fused-ring (bicyclic) bond motifs is 1. The number of ether oxygens (including phenoxy) is 3. The van der Waals surface area contributed by atoms with E-state index in [1.54, 1.807) is 20.4 Å². The van der Waals surface area contributed by atoms with E-state index < -0.39 is 6.09 Å². The van der Waals surface area contributed by atoms with Gasteiger partial charge in [-0.05, 0) is 41.8 Å². The van der Waals surface area contributed by atoms with E-state index in [0.29, 0.717) is 5.69 Å². The molecule has 0 unspecified atom stereocenters. The van der Waals surface area contributed by atoms with Crippen LogP contribution in [0.5, 0.6) is 11.5 Å². The number of methoxy groups -OCH3 is 3. The molecule has 0 saturated carbocycles. The summed E-state index contributed by atoms with van der Waals surface area (Å²) in [5.74, 6) is 2.34. The number of nitrogens with one attached hydrogen (secondary N) is 1. The monoisotopic (exact) mass is 343 g/mol. The number of rotatable bonds is 4. The van der Waals surface area contributed by atoms with Gasteiger partial charge in [0.1, 0.15) is 5.82 Å². The fourth-order valence-electron chi connectivity index (χ4n) is 2.89. The van der Waals surface area contributed by atoms with E-state index >= 15 is 0 Å². The molecule has 0 saturated heterocycles. The largest absolute Gasteiger partial charge is 0.493 e. The number of carbonyl (C=O) groups excluding carboxylic acids is 1. The van der Waals surface area contributed by atoms with Crippen molar-refractivity contribution in [1.29, 1.82) is 0 Å². The molecule has 1 aromatic heterocycles. The van der Waals surface area contributed by atoms with Crippen LogP contribution in [0, 0.1) is 0 Å². The number of nitrogens with zero attached hydrogens (tertiary/aromatic N) is 2. The van der Waals surface area contributed by atoms with Crippen molar-refractivity contribution in [2.75, 3.05) is 38.1 Å². The molecule has 0 radical (unpaired) electrons. The first-order valence-electron chi connectivity index (χ1n) is 7.94. The number of benzene rings is 1. The van der Waals surface area contributed by atoms with Crippen LogP contribution in [0.25, 0.3) is 0 Å². The minimum Gasteiger partial charge on any atom is -0.493 e. The van der Waals surface area contributed by atoms with Gasteiger partial charge in [0.05, 0.1) is 33.2 Å². The minimum absolute atomic E-state index is 0.512. The third kappa shape index (κ3) is 3.60. The fourth-order valence-corrected chi connectivity index (χ4v) is 2.89. The number of hydrogen-bond acceptors (Lipinski definition) is 6. The van der Waals surface area contributed by atoms with Crippen LogP contribution in [0.15, 0.2) is 30.5 Å². The van der Waals surface area contributed by atoms with Crippen LogP contribution in [-0.4, -0.2) is 39.0 Å². The summed E-state index contributed by atoms with van der Waals surface area (Å²) in [6.45, 7) is 1.60. The molecule has 7 nitrogen and oxygen atoms in total. The summed E-state index contributed by atoms with van der Waals surface area (Å²) < 4.78 is 15.3. The Hall–Kier alpha value is -2.96. The Kier molecular flexibility index (Phi) is 4.92. The lowest BCUT2D eigenvalue weighted by Crippen LogP contribution is -2.31. The highest BCUT2D eigenvalue weighted by Crippen LogP contribution is 2.34. The van der Waals surface area contributed by atoms with Crippen molar-refractivity contribution in [3.05, 3.63) is 41.6 Å². The van der Waals surface area contributed by atoms with E-state index in [1.807, 2.05) is 24.3 Å². The van der Waals surface area contributed by atoms with Crippen molar-refractivity contribution < 1.29 is 19.0 Å². The molecule has 1 aliphatic heterocycles. The molecule has 0 bridgehead atoms. The predicted molar refractivity (Wildman–Crippen MR) is 94.6 cm³/mol. The van der Waals surface area contributed by atoms with Crippen molar-refractivity contribution in [3.63, 3.8) is 0 Å². The van der Waals surface area contributed by atoms with E-state index in [1.165, 1.54) is 18.2 Å². The summed E-state index contributed by atoms with van der Waals surface area (Å²) in [6.07, 6.45) is 2.01. The first kappa shape index (κ1) is 16.9. The maximum atomic E-state index is 11.2. The highest BCUT2D eigenvalue weighted by molar-refractivity contribution is 5.84. The Morgan fingerprint density at radius 3 is 2.44 bits per heavy atom. The average molecular weight is 343 g/mol. The highest BCUT2D eigenvalue weighted by Gasteiger charge is 2.20. The third-order valence-electron chi connectivity index (χ3n) is 4.22. The van der Waals surface area contributed by atoms with Gasteiger partial charge in [-0.3, -0.25) is 5.32 Å². The molecular formula is C18H21N3O4. The number of aromatic nitrogens is 1. The number of anilines is 2. The van der Waals surface area contributed by atoms with Crippen LogP contribution >= 0.6 is 0 Å². The maximum Gasteiger partial charge on any atom is 0.411 e. The van der Waals surface area contributed by atoms with Gasteiger partial charge in [0.15, 0.2) is 11.5 Å². The van der Waals surface area contributed by atoms with Gasteiger partial charge < -0.3 is 19.1 Å². The fraction of sp³-hybridized carbons (Fsp3) is 0.333. The first-order chi connectivity index (χ1) is 12.1. The maximum absolute atomic E-state index is 11.2. The second-order valence-corrected chi connectivity index (χ2v) is 5.67. The normalized spacial score (nSPS) is 13.0. The van der Waals surface area contributed by atoms with E-state index in [-0.39, 0.29) is 0 Å². The van der Waals surface area contributed by atoms with E-state index in [4.69, 9.17) is 9.47 Å². The summed E-state index contributed by atoms with van der Waals surface area (Å²) in [5.41, 5.74) is 3.06. The Labute approximate surface area is 146 Å². The van der Waals surface area contributed by atoms with Gasteiger partial charge in [-0.2, -0.15) is 0 Å².